The van der Waals surface area contributed by atoms with Gasteiger partial charge in [-0.05, 0) is 42.2 Å². The first-order chi connectivity index (χ1) is 15.5. The van der Waals surface area contributed by atoms with E-state index in [9.17, 15) is 8.42 Å². The van der Waals surface area contributed by atoms with Gasteiger partial charge in [0.15, 0.2) is 15.8 Å². The second-order valence-corrected chi connectivity index (χ2v) is 9.72. The number of hydrogen-bond acceptors (Lipinski definition) is 3. The zero-order valence-electron chi connectivity index (χ0n) is 19.1. The highest BCUT2D eigenvalue weighted by Gasteiger charge is 2.14. The van der Waals surface area contributed by atoms with Gasteiger partial charge >= 0.3 is 0 Å². The van der Waals surface area contributed by atoms with Gasteiger partial charge in [-0.1, -0.05) is 72.8 Å². The minimum Gasteiger partial charge on any atom is -0.357 e. The molecule has 0 radical (unpaired) electrons. The normalized spacial score (nSPS) is 11.7. The van der Waals surface area contributed by atoms with Gasteiger partial charge in [-0.3, -0.25) is 0 Å². The van der Waals surface area contributed by atoms with E-state index < -0.39 is 9.84 Å². The highest BCUT2D eigenvalue weighted by atomic mass is 127. The lowest BCUT2D eigenvalue weighted by atomic mass is 9.88. The lowest BCUT2D eigenvalue weighted by molar-refractivity contribution is 0.602. The fourth-order valence-corrected chi connectivity index (χ4v) is 4.22. The monoisotopic (exact) mass is 577 g/mol. The van der Waals surface area contributed by atoms with Crippen LogP contribution in [0, 0.1) is 0 Å². The van der Waals surface area contributed by atoms with E-state index in [2.05, 4.69) is 64.2 Å². The number of benzene rings is 3. The molecule has 33 heavy (non-hydrogen) atoms. The van der Waals surface area contributed by atoms with Crippen LogP contribution in [-0.4, -0.2) is 33.7 Å². The van der Waals surface area contributed by atoms with Crippen molar-refractivity contribution in [3.63, 3.8) is 0 Å². The third-order valence-corrected chi connectivity index (χ3v) is 6.37. The molecule has 3 aromatic carbocycles. The van der Waals surface area contributed by atoms with Crippen LogP contribution in [0.25, 0.3) is 0 Å². The molecule has 0 saturated heterocycles. The summed E-state index contributed by atoms with van der Waals surface area (Å²) in [6, 6.07) is 28.0. The average Bonchev–Trinajstić information content (AvgIpc) is 2.81. The van der Waals surface area contributed by atoms with Crippen LogP contribution in [0.1, 0.15) is 36.0 Å². The van der Waals surface area contributed by atoms with Gasteiger partial charge in [0.25, 0.3) is 0 Å². The summed E-state index contributed by atoms with van der Waals surface area (Å²) in [6.45, 7) is 4.04. The van der Waals surface area contributed by atoms with Gasteiger partial charge in [-0.15, -0.1) is 24.0 Å². The van der Waals surface area contributed by atoms with Gasteiger partial charge < -0.3 is 10.6 Å². The summed E-state index contributed by atoms with van der Waals surface area (Å²) in [6.07, 6.45) is 2.15. The molecule has 176 valence electrons. The molecule has 5 nitrogen and oxygen atoms in total. The van der Waals surface area contributed by atoms with Gasteiger partial charge in [0.2, 0.25) is 0 Å². The Morgan fingerprint density at radius 3 is 1.88 bits per heavy atom. The first-order valence-electron chi connectivity index (χ1n) is 10.9. The van der Waals surface area contributed by atoms with E-state index in [1.54, 1.807) is 12.1 Å². The lowest BCUT2D eigenvalue weighted by Gasteiger charge is -2.19. The maximum Gasteiger partial charge on any atom is 0.191 e. The van der Waals surface area contributed by atoms with E-state index in [0.717, 1.165) is 31.0 Å². The van der Waals surface area contributed by atoms with Crippen molar-refractivity contribution in [2.75, 3.05) is 19.3 Å². The average molecular weight is 578 g/mol. The number of aliphatic imine (C=N–C) groups is 1. The zero-order chi connectivity index (χ0) is 22.8. The first kappa shape index (κ1) is 26.9. The molecule has 0 bridgehead atoms. The Morgan fingerprint density at radius 1 is 0.848 bits per heavy atom. The molecule has 0 aliphatic rings. The molecular formula is C26H32IN3O2S. The van der Waals surface area contributed by atoms with Crippen molar-refractivity contribution < 1.29 is 8.42 Å². The molecule has 0 amide bonds. The highest BCUT2D eigenvalue weighted by molar-refractivity contribution is 14.0. The van der Waals surface area contributed by atoms with Crippen LogP contribution in [0.5, 0.6) is 0 Å². The van der Waals surface area contributed by atoms with Crippen molar-refractivity contribution in [3.05, 3.63) is 102 Å². The molecule has 0 atom stereocenters. The third kappa shape index (κ3) is 8.47. The second kappa shape index (κ2) is 13.3. The standard InChI is InChI=1S/C26H31N3O2S.HI/c1-3-27-26(29-20-21-14-16-24(17-15-21)32(2,30)31)28-19-18-25(22-10-6-4-7-11-22)23-12-8-5-9-13-23;/h4-17,25H,3,18-20H2,1-2H3,(H2,27,28,29);1H. The van der Waals surface area contributed by atoms with Crippen molar-refractivity contribution in [2.45, 2.75) is 30.7 Å². The summed E-state index contributed by atoms with van der Waals surface area (Å²) in [4.78, 5) is 4.99. The van der Waals surface area contributed by atoms with Crippen LogP contribution >= 0.6 is 24.0 Å². The Bertz CT molecular complexity index is 1060. The molecule has 7 heteroatoms. The summed E-state index contributed by atoms with van der Waals surface area (Å²) in [5.74, 6) is 1.05. The number of halogens is 1. The van der Waals surface area contributed by atoms with Crippen molar-refractivity contribution in [1.29, 1.82) is 0 Å². The number of nitrogens with zero attached hydrogens (tertiary/aromatic N) is 1. The molecule has 0 fully saturated rings. The SMILES string of the molecule is CCNC(=NCc1ccc(S(C)(=O)=O)cc1)NCCC(c1ccccc1)c1ccccc1.I. The highest BCUT2D eigenvalue weighted by Crippen LogP contribution is 2.27. The first-order valence-corrected chi connectivity index (χ1v) is 12.8. The Morgan fingerprint density at radius 2 is 1.39 bits per heavy atom. The molecule has 0 saturated carbocycles. The van der Waals surface area contributed by atoms with Gasteiger partial charge in [-0.25, -0.2) is 13.4 Å². The summed E-state index contributed by atoms with van der Waals surface area (Å²) >= 11 is 0. The smallest absolute Gasteiger partial charge is 0.191 e. The summed E-state index contributed by atoms with van der Waals surface area (Å²) in [5.41, 5.74) is 3.56. The third-order valence-electron chi connectivity index (χ3n) is 5.24. The number of guanidine groups is 1. The van der Waals surface area contributed by atoms with Gasteiger partial charge in [0.1, 0.15) is 0 Å². The topological polar surface area (TPSA) is 70.6 Å². The largest absolute Gasteiger partial charge is 0.357 e. The number of nitrogens with one attached hydrogen (secondary N) is 2. The minimum atomic E-state index is -3.19. The Balaban J connectivity index is 0.00000385. The molecule has 0 aliphatic carbocycles. The quantitative estimate of drug-likeness (QED) is 0.214. The zero-order valence-corrected chi connectivity index (χ0v) is 22.2. The Hall–Kier alpha value is -2.39. The molecule has 0 heterocycles. The Kier molecular flexibility index (Phi) is 10.9. The Labute approximate surface area is 214 Å². The molecule has 0 aliphatic heterocycles. The van der Waals surface area contributed by atoms with E-state index in [0.29, 0.717) is 17.4 Å². The predicted molar refractivity (Wildman–Crippen MR) is 147 cm³/mol. The van der Waals surface area contributed by atoms with Gasteiger partial charge in [0, 0.05) is 25.3 Å². The fraction of sp³-hybridized carbons (Fsp3) is 0.269. The molecule has 0 aromatic heterocycles. The van der Waals surface area contributed by atoms with Crippen molar-refractivity contribution >= 4 is 39.8 Å². The van der Waals surface area contributed by atoms with Crippen LogP contribution < -0.4 is 10.6 Å². The molecule has 3 rings (SSSR count). The van der Waals surface area contributed by atoms with Crippen LogP contribution in [-0.2, 0) is 16.4 Å². The van der Waals surface area contributed by atoms with E-state index in [-0.39, 0.29) is 24.0 Å². The number of hydrogen-bond donors (Lipinski definition) is 2. The molecule has 2 N–H and O–H groups in total. The number of sulfone groups is 1. The van der Waals surface area contributed by atoms with E-state index in [4.69, 9.17) is 0 Å². The van der Waals surface area contributed by atoms with Gasteiger partial charge in [-0.2, -0.15) is 0 Å². The summed E-state index contributed by atoms with van der Waals surface area (Å²) in [5, 5.41) is 6.72. The van der Waals surface area contributed by atoms with Gasteiger partial charge in [0.05, 0.1) is 11.4 Å². The molecule has 0 spiro atoms. The minimum absolute atomic E-state index is 0. The second-order valence-electron chi connectivity index (χ2n) is 7.70. The summed E-state index contributed by atoms with van der Waals surface area (Å²) in [7, 11) is -3.19. The van der Waals surface area contributed by atoms with E-state index in [1.807, 2.05) is 31.2 Å². The number of rotatable bonds is 9. The molecule has 0 unspecified atom stereocenters. The maximum absolute atomic E-state index is 11.6. The van der Waals surface area contributed by atoms with Crippen LogP contribution in [0.2, 0.25) is 0 Å². The summed E-state index contributed by atoms with van der Waals surface area (Å²) < 4.78 is 23.3. The molecular weight excluding hydrogens is 545 g/mol. The van der Waals surface area contributed by atoms with E-state index in [1.165, 1.54) is 17.4 Å². The van der Waals surface area contributed by atoms with Crippen molar-refractivity contribution in [3.8, 4) is 0 Å². The predicted octanol–water partition coefficient (Wildman–Crippen LogP) is 4.99. The van der Waals surface area contributed by atoms with Crippen LogP contribution in [0.4, 0.5) is 0 Å². The van der Waals surface area contributed by atoms with E-state index >= 15 is 0 Å². The molecule has 3 aromatic rings. The fourth-order valence-electron chi connectivity index (χ4n) is 3.59. The maximum atomic E-state index is 11.6. The van der Waals surface area contributed by atoms with Crippen LogP contribution in [0.15, 0.2) is 94.8 Å². The van der Waals surface area contributed by atoms with Crippen molar-refractivity contribution in [1.82, 2.24) is 10.6 Å². The lowest BCUT2D eigenvalue weighted by Crippen LogP contribution is -2.38. The van der Waals surface area contributed by atoms with Crippen LogP contribution in [0.3, 0.4) is 0 Å². The van der Waals surface area contributed by atoms with Crippen molar-refractivity contribution in [2.24, 2.45) is 4.99 Å².